The van der Waals surface area contributed by atoms with Crippen molar-refractivity contribution in [2.45, 2.75) is 44.9 Å². The zero-order valence-corrected chi connectivity index (χ0v) is 25.8. The first kappa shape index (κ1) is 27.7. The fraction of sp³-hybridized carbons (Fsp3) is 0.400. The van der Waals surface area contributed by atoms with Gasteiger partial charge in [-0.05, 0) is 44.7 Å². The molecule has 5 aliphatic rings. The minimum Gasteiger partial charge on any atom is -0.451 e. The Hall–Kier alpha value is -4.64. The average molecular weight is 625 g/mol. The number of amides is 2. The summed E-state index contributed by atoms with van der Waals surface area (Å²) in [6.07, 6.45) is 2.06. The van der Waals surface area contributed by atoms with Gasteiger partial charge in [0.15, 0.2) is 17.3 Å². The van der Waals surface area contributed by atoms with Crippen LogP contribution < -0.4 is 15.1 Å². The monoisotopic (exact) mass is 624 g/mol. The van der Waals surface area contributed by atoms with Gasteiger partial charge in [-0.25, -0.2) is 9.18 Å². The molecule has 4 fully saturated rings. The molecule has 3 unspecified atom stereocenters. The highest BCUT2D eigenvalue weighted by atomic mass is 19.1. The van der Waals surface area contributed by atoms with Crippen LogP contribution in [-0.4, -0.2) is 83.4 Å². The lowest BCUT2D eigenvalue weighted by Crippen LogP contribution is -2.61. The van der Waals surface area contributed by atoms with Crippen LogP contribution in [0.4, 0.5) is 14.9 Å². The van der Waals surface area contributed by atoms with E-state index in [1.54, 1.807) is 16.0 Å². The van der Waals surface area contributed by atoms with E-state index in [4.69, 9.17) is 14.2 Å². The van der Waals surface area contributed by atoms with Gasteiger partial charge in [-0.2, -0.15) is 0 Å². The van der Waals surface area contributed by atoms with E-state index in [9.17, 15) is 14.4 Å². The predicted octanol–water partition coefficient (Wildman–Crippen LogP) is 5.06. The number of pyridine rings is 1. The number of hydrogen-bond donors (Lipinski definition) is 0. The van der Waals surface area contributed by atoms with Crippen LogP contribution in [0.3, 0.4) is 0 Å². The molecule has 9 rings (SSSR count). The maximum Gasteiger partial charge on any atom is 0.410 e. The van der Waals surface area contributed by atoms with Crippen LogP contribution in [0.25, 0.3) is 27.4 Å². The second kappa shape index (κ2) is 9.22. The molecule has 0 radical (unpaired) electrons. The third-order valence-corrected chi connectivity index (χ3v) is 10.3. The number of carbonyl (C=O) groups excluding carboxylic acids is 2. The van der Waals surface area contributed by atoms with E-state index >= 15 is 4.39 Å². The lowest BCUT2D eigenvalue weighted by molar-refractivity contribution is -0.0294. The van der Waals surface area contributed by atoms with Crippen molar-refractivity contribution in [1.29, 1.82) is 0 Å². The van der Waals surface area contributed by atoms with Gasteiger partial charge < -0.3 is 33.5 Å². The Morgan fingerprint density at radius 3 is 2.59 bits per heavy atom. The quantitative estimate of drug-likeness (QED) is 0.271. The summed E-state index contributed by atoms with van der Waals surface area (Å²) in [6, 6.07) is 12.8. The first-order valence-electron chi connectivity index (χ1n) is 15.8. The smallest absolute Gasteiger partial charge is 0.410 e. The second-order valence-electron chi connectivity index (χ2n) is 14.0. The van der Waals surface area contributed by atoms with E-state index < -0.39 is 22.8 Å². The van der Waals surface area contributed by atoms with Gasteiger partial charge >= 0.3 is 6.09 Å². The Morgan fingerprint density at radius 1 is 1.02 bits per heavy atom. The molecule has 2 amide bonds. The van der Waals surface area contributed by atoms with Crippen LogP contribution in [0.15, 0.2) is 53.5 Å². The summed E-state index contributed by atoms with van der Waals surface area (Å²) >= 11 is 0. The molecule has 4 aromatic rings. The van der Waals surface area contributed by atoms with Gasteiger partial charge in [-0.3, -0.25) is 9.59 Å². The van der Waals surface area contributed by atoms with E-state index in [0.29, 0.717) is 56.3 Å². The Balaban J connectivity index is 1.22. The molecule has 3 atom stereocenters. The number of carbonyl (C=O) groups is 2. The van der Waals surface area contributed by atoms with Gasteiger partial charge in [0.1, 0.15) is 22.4 Å². The number of rotatable bonds is 2. The second-order valence-corrected chi connectivity index (χ2v) is 14.0. The molecule has 3 aromatic carbocycles. The number of likely N-dealkylation sites (tertiary alicyclic amines) is 1. The van der Waals surface area contributed by atoms with Gasteiger partial charge in [-0.15, -0.1) is 0 Å². The predicted molar refractivity (Wildman–Crippen MR) is 169 cm³/mol. The zero-order valence-electron chi connectivity index (χ0n) is 25.8. The number of hydrogen-bond acceptors (Lipinski definition) is 7. The van der Waals surface area contributed by atoms with Crippen molar-refractivity contribution in [2.24, 2.45) is 5.41 Å². The summed E-state index contributed by atoms with van der Waals surface area (Å²) in [4.78, 5) is 46.2. The molecule has 11 heteroatoms. The molecule has 10 nitrogen and oxygen atoms in total. The molecule has 1 saturated carbocycles. The molecule has 236 valence electrons. The van der Waals surface area contributed by atoms with Crippen LogP contribution in [0.2, 0.25) is 0 Å². The number of nitrogens with zero attached hydrogens (tertiary/aromatic N) is 4. The first-order chi connectivity index (χ1) is 22.1. The minimum atomic E-state index is -0.618. The zero-order chi connectivity index (χ0) is 31.7. The Kier molecular flexibility index (Phi) is 5.54. The normalized spacial score (nSPS) is 24.2. The molecular weight excluding hydrogens is 591 g/mol. The van der Waals surface area contributed by atoms with E-state index in [0.717, 1.165) is 17.2 Å². The maximum atomic E-state index is 16.5. The summed E-state index contributed by atoms with van der Waals surface area (Å²) in [5.74, 6) is -0.265. The summed E-state index contributed by atoms with van der Waals surface area (Å²) in [5, 5.41) is 1.92. The Labute approximate surface area is 263 Å². The van der Waals surface area contributed by atoms with Crippen LogP contribution >= 0.6 is 0 Å². The number of anilines is 1. The largest absolute Gasteiger partial charge is 0.451 e. The highest BCUT2D eigenvalue weighted by molar-refractivity contribution is 6.04. The van der Waals surface area contributed by atoms with Crippen LogP contribution in [0.1, 0.15) is 37.6 Å². The van der Waals surface area contributed by atoms with Crippen molar-refractivity contribution < 1.29 is 28.2 Å². The Morgan fingerprint density at radius 2 is 1.80 bits per heavy atom. The maximum absolute atomic E-state index is 16.5. The number of morpholine rings is 1. The SMILES string of the molecule is CC(C)(C)OC(=O)N1CC23CC2N(c2c(F)cc4c(=O)c(C(=O)N5CCOCC5)cn5c4c2Oc2ccc4ccccc4c2-5)CC13. The highest BCUT2D eigenvalue weighted by Crippen LogP contribution is 2.67. The molecular formula is C35H33FN4O6. The fourth-order valence-corrected chi connectivity index (χ4v) is 8.06. The summed E-state index contributed by atoms with van der Waals surface area (Å²) < 4.78 is 36.0. The summed E-state index contributed by atoms with van der Waals surface area (Å²) in [7, 11) is 0. The van der Waals surface area contributed by atoms with E-state index in [2.05, 4.69) is 0 Å². The number of ether oxygens (including phenoxy) is 3. The van der Waals surface area contributed by atoms with Crippen molar-refractivity contribution in [3.63, 3.8) is 0 Å². The topological polar surface area (TPSA) is 93.5 Å². The number of halogens is 1. The van der Waals surface area contributed by atoms with Gasteiger partial charge in [0, 0.05) is 49.2 Å². The molecule has 4 aliphatic heterocycles. The molecule has 0 bridgehead atoms. The van der Waals surface area contributed by atoms with Crippen molar-refractivity contribution in [2.75, 3.05) is 44.3 Å². The first-order valence-corrected chi connectivity index (χ1v) is 15.8. The number of piperidine rings is 1. The lowest BCUT2D eigenvalue weighted by atomic mass is 9.87. The lowest BCUT2D eigenvalue weighted by Gasteiger charge is -2.46. The number of benzene rings is 3. The third kappa shape index (κ3) is 3.74. The molecule has 1 spiro atoms. The minimum absolute atomic E-state index is 0.0263. The number of aromatic nitrogens is 1. The molecule has 46 heavy (non-hydrogen) atoms. The van der Waals surface area contributed by atoms with E-state index in [-0.39, 0.29) is 46.0 Å². The van der Waals surface area contributed by atoms with Crippen LogP contribution in [-0.2, 0) is 9.47 Å². The van der Waals surface area contributed by atoms with E-state index in [1.165, 1.54) is 6.07 Å². The van der Waals surface area contributed by atoms with Crippen LogP contribution in [0, 0.1) is 11.2 Å². The fourth-order valence-electron chi connectivity index (χ4n) is 8.06. The van der Waals surface area contributed by atoms with Crippen molar-refractivity contribution in [3.8, 4) is 17.2 Å². The molecule has 0 N–H and O–H groups in total. The van der Waals surface area contributed by atoms with Crippen molar-refractivity contribution >= 4 is 39.4 Å². The van der Waals surface area contributed by atoms with Gasteiger partial charge in [0.05, 0.1) is 30.3 Å². The van der Waals surface area contributed by atoms with Gasteiger partial charge in [0.2, 0.25) is 5.43 Å². The average Bonchev–Trinajstić information content (AvgIpc) is 3.74. The van der Waals surface area contributed by atoms with E-state index in [1.807, 2.05) is 66.6 Å². The molecule has 3 saturated heterocycles. The molecule has 1 aliphatic carbocycles. The molecule has 5 heterocycles. The summed E-state index contributed by atoms with van der Waals surface area (Å²) in [5.41, 5.74) is 0.0803. The standard InChI is InChI=1S/C35H33FN4O6/c1-34(2,3)46-33(43)40-18-35-15-25(35)38(17-26(35)40)29-23(36)14-21-28-31(29)45-24-9-8-19-6-4-5-7-20(19)27(24)39(28)16-22(30(21)41)32(42)37-10-12-44-13-11-37/h4-9,14,16,25-26H,10-13,15,17-18H2,1-3H3. The van der Waals surface area contributed by atoms with Crippen molar-refractivity contribution in [3.05, 3.63) is 70.3 Å². The van der Waals surface area contributed by atoms with Gasteiger partial charge in [-0.1, -0.05) is 30.3 Å². The third-order valence-electron chi connectivity index (χ3n) is 10.3. The van der Waals surface area contributed by atoms with Crippen LogP contribution in [0.5, 0.6) is 11.5 Å². The Bertz CT molecular complexity index is 2080. The summed E-state index contributed by atoms with van der Waals surface area (Å²) in [6.45, 7) is 8.03. The van der Waals surface area contributed by atoms with Crippen molar-refractivity contribution in [1.82, 2.24) is 14.4 Å². The highest BCUT2D eigenvalue weighted by Gasteiger charge is 2.76. The molecule has 1 aromatic heterocycles. The number of fused-ring (bicyclic) bond motifs is 4. The van der Waals surface area contributed by atoms with Gasteiger partial charge in [0.25, 0.3) is 5.91 Å².